The normalized spacial score (nSPS) is 15.2. The van der Waals surface area contributed by atoms with Crippen molar-refractivity contribution in [2.75, 3.05) is 13.2 Å². The van der Waals surface area contributed by atoms with Gasteiger partial charge in [0, 0.05) is 29.9 Å². The van der Waals surface area contributed by atoms with Gasteiger partial charge in [0.1, 0.15) is 0 Å². The summed E-state index contributed by atoms with van der Waals surface area (Å²) in [5.41, 5.74) is 5.63. The topological polar surface area (TPSA) is 59.1 Å². The molecule has 1 atom stereocenters. The second-order valence-corrected chi connectivity index (χ2v) is 4.22. The average molecular weight is 235 g/mol. The van der Waals surface area contributed by atoms with Crippen LogP contribution in [0.25, 0.3) is 0 Å². The Balaban J connectivity index is 3.29. The van der Waals surface area contributed by atoms with Crippen LogP contribution in [-0.2, 0) is 5.41 Å². The van der Waals surface area contributed by atoms with Crippen molar-refractivity contribution in [3.8, 4) is 0 Å². The van der Waals surface area contributed by atoms with E-state index in [2.05, 4.69) is 4.98 Å². The van der Waals surface area contributed by atoms with Gasteiger partial charge in [-0.05, 0) is 0 Å². The Morgan fingerprint density at radius 3 is 2.29 bits per heavy atom. The molecule has 0 fully saturated rings. The van der Waals surface area contributed by atoms with Gasteiger partial charge < -0.3 is 10.8 Å². The van der Waals surface area contributed by atoms with Gasteiger partial charge in [0.2, 0.25) is 0 Å². The third-order valence-corrected chi connectivity index (χ3v) is 2.83. The van der Waals surface area contributed by atoms with Crippen molar-refractivity contribution in [1.82, 2.24) is 4.98 Å². The smallest absolute Gasteiger partial charge is 0.0643 e. The molecule has 0 aromatic carbocycles. The lowest BCUT2D eigenvalue weighted by Crippen LogP contribution is -2.36. The second kappa shape index (κ2) is 4.45. The molecule has 1 aromatic heterocycles. The van der Waals surface area contributed by atoms with Crippen LogP contribution in [0.15, 0.2) is 12.4 Å². The number of hydrogen-bond acceptors (Lipinski definition) is 3. The lowest BCUT2D eigenvalue weighted by molar-refractivity contribution is 0.210. The highest BCUT2D eigenvalue weighted by Gasteiger charge is 2.29. The SMILES string of the molecule is CC(CN)(CO)c1c(Cl)cncc1Cl. The predicted molar refractivity (Wildman–Crippen MR) is 57.7 cm³/mol. The Morgan fingerprint density at radius 1 is 1.43 bits per heavy atom. The molecule has 1 aromatic rings. The van der Waals surface area contributed by atoms with Crippen molar-refractivity contribution in [3.05, 3.63) is 28.0 Å². The van der Waals surface area contributed by atoms with Gasteiger partial charge in [-0.2, -0.15) is 0 Å². The Hall–Kier alpha value is -0.350. The number of aliphatic hydroxyl groups is 1. The largest absolute Gasteiger partial charge is 0.395 e. The summed E-state index contributed by atoms with van der Waals surface area (Å²) in [5, 5.41) is 10.1. The fourth-order valence-electron chi connectivity index (χ4n) is 1.23. The van der Waals surface area contributed by atoms with Crippen LogP contribution >= 0.6 is 23.2 Å². The van der Waals surface area contributed by atoms with E-state index in [1.165, 1.54) is 12.4 Å². The minimum atomic E-state index is -0.614. The van der Waals surface area contributed by atoms with E-state index >= 15 is 0 Å². The van der Waals surface area contributed by atoms with Gasteiger partial charge >= 0.3 is 0 Å². The number of halogens is 2. The minimum Gasteiger partial charge on any atom is -0.395 e. The maximum atomic E-state index is 9.27. The maximum Gasteiger partial charge on any atom is 0.0643 e. The summed E-state index contributed by atoms with van der Waals surface area (Å²) in [6.45, 7) is 1.97. The first-order valence-electron chi connectivity index (χ1n) is 4.15. The highest BCUT2D eigenvalue weighted by atomic mass is 35.5. The first kappa shape index (κ1) is 11.7. The zero-order chi connectivity index (χ0) is 10.8. The van der Waals surface area contributed by atoms with Crippen LogP contribution in [0.1, 0.15) is 12.5 Å². The fourth-order valence-corrected chi connectivity index (χ4v) is 2.05. The Morgan fingerprint density at radius 2 is 1.93 bits per heavy atom. The van der Waals surface area contributed by atoms with E-state index in [0.29, 0.717) is 15.6 Å². The number of rotatable bonds is 3. The lowest BCUT2D eigenvalue weighted by atomic mass is 9.84. The zero-order valence-electron chi connectivity index (χ0n) is 7.80. The third-order valence-electron chi connectivity index (χ3n) is 2.26. The summed E-state index contributed by atoms with van der Waals surface area (Å²) in [6, 6.07) is 0. The summed E-state index contributed by atoms with van der Waals surface area (Å²) >= 11 is 11.9. The number of hydrogen-bond donors (Lipinski definition) is 2. The molecule has 0 saturated carbocycles. The van der Waals surface area contributed by atoms with Crippen LogP contribution in [0.5, 0.6) is 0 Å². The molecule has 5 heteroatoms. The monoisotopic (exact) mass is 234 g/mol. The summed E-state index contributed by atoms with van der Waals surface area (Å²) in [4.78, 5) is 3.84. The lowest BCUT2D eigenvalue weighted by Gasteiger charge is -2.27. The number of nitrogens with two attached hydrogens (primary N) is 1. The number of pyridine rings is 1. The van der Waals surface area contributed by atoms with E-state index in [1.807, 2.05) is 0 Å². The average Bonchev–Trinajstić information content (AvgIpc) is 2.17. The van der Waals surface area contributed by atoms with E-state index in [0.717, 1.165) is 0 Å². The molecular formula is C9H12Cl2N2O. The van der Waals surface area contributed by atoms with Gasteiger partial charge in [0.25, 0.3) is 0 Å². The van der Waals surface area contributed by atoms with Gasteiger partial charge in [-0.3, -0.25) is 4.98 Å². The highest BCUT2D eigenvalue weighted by molar-refractivity contribution is 6.36. The van der Waals surface area contributed by atoms with Crippen LogP contribution in [-0.4, -0.2) is 23.2 Å². The van der Waals surface area contributed by atoms with Crippen molar-refractivity contribution in [2.24, 2.45) is 5.73 Å². The molecular weight excluding hydrogens is 223 g/mol. The Labute approximate surface area is 92.9 Å². The molecule has 0 spiro atoms. The number of aliphatic hydroxyl groups excluding tert-OH is 1. The van der Waals surface area contributed by atoms with E-state index in [9.17, 15) is 5.11 Å². The van der Waals surface area contributed by atoms with Crippen LogP contribution in [0.4, 0.5) is 0 Å². The minimum absolute atomic E-state index is 0.104. The molecule has 14 heavy (non-hydrogen) atoms. The third kappa shape index (κ3) is 2.01. The van der Waals surface area contributed by atoms with Crippen molar-refractivity contribution < 1.29 is 5.11 Å². The van der Waals surface area contributed by atoms with Crippen LogP contribution < -0.4 is 5.73 Å². The number of aromatic nitrogens is 1. The van der Waals surface area contributed by atoms with Crippen molar-refractivity contribution in [3.63, 3.8) is 0 Å². The fraction of sp³-hybridized carbons (Fsp3) is 0.444. The summed E-state index contributed by atoms with van der Waals surface area (Å²) in [5.74, 6) is 0. The highest BCUT2D eigenvalue weighted by Crippen LogP contribution is 2.34. The van der Waals surface area contributed by atoms with Gasteiger partial charge in [-0.25, -0.2) is 0 Å². The molecule has 0 radical (unpaired) electrons. The van der Waals surface area contributed by atoms with Crippen molar-refractivity contribution in [2.45, 2.75) is 12.3 Å². The molecule has 0 amide bonds. The summed E-state index contributed by atoms with van der Waals surface area (Å²) in [6.07, 6.45) is 2.98. The first-order valence-corrected chi connectivity index (χ1v) is 4.91. The first-order chi connectivity index (χ1) is 6.55. The molecule has 3 N–H and O–H groups in total. The molecule has 1 rings (SSSR count). The Bertz CT molecular complexity index is 306. The molecule has 78 valence electrons. The van der Waals surface area contributed by atoms with Crippen molar-refractivity contribution >= 4 is 23.2 Å². The quantitative estimate of drug-likeness (QED) is 0.836. The van der Waals surface area contributed by atoms with E-state index in [1.54, 1.807) is 6.92 Å². The van der Waals surface area contributed by atoms with Gasteiger partial charge in [-0.15, -0.1) is 0 Å². The van der Waals surface area contributed by atoms with E-state index in [-0.39, 0.29) is 13.2 Å². The van der Waals surface area contributed by atoms with Crippen LogP contribution in [0.2, 0.25) is 10.0 Å². The van der Waals surface area contributed by atoms with E-state index in [4.69, 9.17) is 28.9 Å². The van der Waals surface area contributed by atoms with Crippen LogP contribution in [0.3, 0.4) is 0 Å². The zero-order valence-corrected chi connectivity index (χ0v) is 9.31. The van der Waals surface area contributed by atoms with Gasteiger partial charge in [0.05, 0.1) is 16.7 Å². The van der Waals surface area contributed by atoms with Crippen LogP contribution in [0, 0.1) is 0 Å². The molecule has 0 aliphatic heterocycles. The predicted octanol–water partition coefficient (Wildman–Crippen LogP) is 1.60. The van der Waals surface area contributed by atoms with Crippen molar-refractivity contribution in [1.29, 1.82) is 0 Å². The number of nitrogens with zero attached hydrogens (tertiary/aromatic N) is 1. The molecule has 0 bridgehead atoms. The molecule has 1 heterocycles. The van der Waals surface area contributed by atoms with Gasteiger partial charge in [0.15, 0.2) is 0 Å². The molecule has 0 aliphatic rings. The standard InChI is InChI=1S/C9H12Cl2N2O/c1-9(4-12,5-14)8-6(10)2-13-3-7(8)11/h2-3,14H,4-5,12H2,1H3. The molecule has 0 aliphatic carbocycles. The molecule has 3 nitrogen and oxygen atoms in total. The van der Waals surface area contributed by atoms with Gasteiger partial charge in [-0.1, -0.05) is 30.1 Å². The Kier molecular flexibility index (Phi) is 3.72. The molecule has 1 unspecified atom stereocenters. The molecule has 0 saturated heterocycles. The van der Waals surface area contributed by atoms with E-state index < -0.39 is 5.41 Å². The summed E-state index contributed by atoms with van der Waals surface area (Å²) in [7, 11) is 0. The maximum absolute atomic E-state index is 9.27. The summed E-state index contributed by atoms with van der Waals surface area (Å²) < 4.78 is 0. The second-order valence-electron chi connectivity index (χ2n) is 3.40.